The van der Waals surface area contributed by atoms with Crippen molar-refractivity contribution in [2.24, 2.45) is 0 Å². The molecule has 0 radical (unpaired) electrons. The number of para-hydroxylation sites is 1. The van der Waals surface area contributed by atoms with Gasteiger partial charge in [0.1, 0.15) is 54.7 Å². The molecule has 13 nitrogen and oxygen atoms in total. The van der Waals surface area contributed by atoms with Crippen LogP contribution in [0.3, 0.4) is 0 Å². The van der Waals surface area contributed by atoms with Crippen molar-refractivity contribution in [2.45, 2.75) is 83.0 Å². The summed E-state index contributed by atoms with van der Waals surface area (Å²) in [5, 5.41) is 6.70. The van der Waals surface area contributed by atoms with Crippen LogP contribution >= 0.6 is 0 Å². The van der Waals surface area contributed by atoms with E-state index in [9.17, 15) is 41.1 Å². The number of anilines is 1. The molecule has 4 rings (SSSR count). The molecule has 1 heterocycles. The number of nitrogens with zero attached hydrogens (tertiary/aromatic N) is 1. The van der Waals surface area contributed by atoms with Gasteiger partial charge in [-0.15, -0.1) is 0 Å². The van der Waals surface area contributed by atoms with Gasteiger partial charge in [-0.25, -0.2) is 27.6 Å². The van der Waals surface area contributed by atoms with Gasteiger partial charge in [0, 0.05) is 5.92 Å². The molecule has 3 aromatic carbocycles. The van der Waals surface area contributed by atoms with Crippen molar-refractivity contribution in [1.29, 1.82) is 0 Å². The van der Waals surface area contributed by atoms with Crippen molar-refractivity contribution < 1.29 is 69.2 Å². The molecule has 1 aliphatic rings. The maximum Gasteiger partial charge on any atom is 0.410 e. The number of carbonyl (C=O) groups is 4. The molecule has 322 valence electrons. The number of morpholine rings is 1. The maximum absolute atomic E-state index is 15.5. The van der Waals surface area contributed by atoms with Crippen molar-refractivity contribution in [3.63, 3.8) is 0 Å². The Balaban J connectivity index is 1.58. The highest BCUT2D eigenvalue weighted by Gasteiger charge is 2.38. The molecule has 0 saturated carbocycles. The van der Waals surface area contributed by atoms with Crippen molar-refractivity contribution >= 4 is 29.9 Å². The van der Waals surface area contributed by atoms with E-state index in [1.807, 2.05) is 0 Å². The molecular formula is C40H46F6N4O9. The third-order valence-electron chi connectivity index (χ3n) is 8.22. The molecule has 3 atom stereocenters. The van der Waals surface area contributed by atoms with Gasteiger partial charge in [0.15, 0.2) is 11.6 Å². The van der Waals surface area contributed by atoms with Crippen LogP contribution < -0.4 is 20.7 Å². The Labute approximate surface area is 336 Å². The number of ether oxygens (including phenoxy) is 5. The normalized spacial score (nSPS) is 16.5. The van der Waals surface area contributed by atoms with E-state index in [2.05, 4.69) is 10.6 Å². The number of hydrogen-bond donors (Lipinski definition) is 3. The Bertz CT molecular complexity index is 1870. The van der Waals surface area contributed by atoms with Crippen LogP contribution in [0.2, 0.25) is 0 Å². The standard InChI is InChI=1S/C40H46F6N4O9/c1-38(2,3)58-36(53)49-32(31(23-10-14-25(41)15-11-23)24-12-16-26(42)17-13-24)34(51)48-30-9-7-8-29(43)33(30)56-21-28-18-50(37(54)59-39(4,5)6)27(19-55-28)20-57-35(52)47-22-40(44,45)46/h7-17,27-28,31-32H,18-22H2,1-6H3,(H,47,52)(H,48,51)(H,49,53)/t27-,28-,32?/m0/s1. The molecule has 1 saturated heterocycles. The van der Waals surface area contributed by atoms with Crippen molar-refractivity contribution in [3.05, 3.63) is 95.3 Å². The van der Waals surface area contributed by atoms with E-state index in [0.29, 0.717) is 11.1 Å². The molecule has 1 aliphatic heterocycles. The smallest absolute Gasteiger partial charge is 0.410 e. The zero-order valence-corrected chi connectivity index (χ0v) is 33.1. The third-order valence-corrected chi connectivity index (χ3v) is 8.22. The second kappa shape index (κ2) is 19.4. The van der Waals surface area contributed by atoms with Gasteiger partial charge < -0.3 is 39.6 Å². The highest BCUT2D eigenvalue weighted by molar-refractivity contribution is 5.98. The minimum Gasteiger partial charge on any atom is -0.486 e. The molecule has 3 N–H and O–H groups in total. The van der Waals surface area contributed by atoms with Crippen LogP contribution in [0.15, 0.2) is 66.7 Å². The number of halogens is 6. The number of nitrogens with one attached hydrogen (secondary N) is 3. The lowest BCUT2D eigenvalue weighted by Crippen LogP contribution is -2.56. The number of benzene rings is 3. The van der Waals surface area contributed by atoms with Gasteiger partial charge in [-0.05, 0) is 89.1 Å². The van der Waals surface area contributed by atoms with Crippen LogP contribution in [0.4, 0.5) is 46.4 Å². The summed E-state index contributed by atoms with van der Waals surface area (Å²) in [7, 11) is 0. The molecule has 0 aliphatic carbocycles. The number of carbonyl (C=O) groups excluding carboxylic acids is 4. The van der Waals surface area contributed by atoms with Gasteiger partial charge in [-0.3, -0.25) is 9.69 Å². The Morgan fingerprint density at radius 1 is 0.797 bits per heavy atom. The zero-order valence-electron chi connectivity index (χ0n) is 33.1. The topological polar surface area (TPSA) is 154 Å². The molecular weight excluding hydrogens is 794 g/mol. The maximum atomic E-state index is 15.5. The first-order valence-corrected chi connectivity index (χ1v) is 18.3. The Kier molecular flexibility index (Phi) is 15.1. The summed E-state index contributed by atoms with van der Waals surface area (Å²) in [6, 6.07) is 11.3. The third kappa shape index (κ3) is 14.6. The predicted molar refractivity (Wildman–Crippen MR) is 200 cm³/mol. The number of rotatable bonds is 12. The van der Waals surface area contributed by atoms with Crippen LogP contribution in [0.5, 0.6) is 5.75 Å². The van der Waals surface area contributed by atoms with Gasteiger partial charge in [0.25, 0.3) is 0 Å². The van der Waals surface area contributed by atoms with Gasteiger partial charge >= 0.3 is 24.5 Å². The molecule has 0 spiro atoms. The van der Waals surface area contributed by atoms with E-state index < -0.39 is 109 Å². The minimum absolute atomic E-state index is 0.195. The Morgan fingerprint density at radius 3 is 1.92 bits per heavy atom. The molecule has 3 aromatic rings. The number of alkyl carbamates (subject to hydrolysis) is 2. The molecule has 1 fully saturated rings. The highest BCUT2D eigenvalue weighted by Crippen LogP contribution is 2.33. The van der Waals surface area contributed by atoms with Crippen LogP contribution in [-0.4, -0.2) is 97.6 Å². The highest BCUT2D eigenvalue weighted by atomic mass is 19.4. The van der Waals surface area contributed by atoms with Gasteiger partial charge in [0.05, 0.1) is 24.9 Å². The van der Waals surface area contributed by atoms with Crippen LogP contribution in [0.25, 0.3) is 0 Å². The second-order valence-electron chi connectivity index (χ2n) is 15.4. The van der Waals surface area contributed by atoms with E-state index in [1.165, 1.54) is 36.4 Å². The summed E-state index contributed by atoms with van der Waals surface area (Å²) in [5.41, 5.74) is -1.47. The predicted octanol–water partition coefficient (Wildman–Crippen LogP) is 7.44. The average Bonchev–Trinajstić information content (AvgIpc) is 3.12. The first-order valence-electron chi connectivity index (χ1n) is 18.3. The molecule has 0 bridgehead atoms. The van der Waals surface area contributed by atoms with Gasteiger partial charge in [-0.2, -0.15) is 13.2 Å². The summed E-state index contributed by atoms with van der Waals surface area (Å²) in [6.45, 7) is 6.45. The monoisotopic (exact) mass is 840 g/mol. The molecule has 59 heavy (non-hydrogen) atoms. The average molecular weight is 841 g/mol. The van der Waals surface area contributed by atoms with Crippen molar-refractivity contribution in [3.8, 4) is 5.75 Å². The first-order chi connectivity index (χ1) is 27.5. The van der Waals surface area contributed by atoms with Crippen molar-refractivity contribution in [1.82, 2.24) is 15.5 Å². The van der Waals surface area contributed by atoms with Crippen LogP contribution in [-0.2, 0) is 23.7 Å². The molecule has 4 amide bonds. The first kappa shape index (κ1) is 46.0. The molecule has 1 unspecified atom stereocenters. The van der Waals surface area contributed by atoms with E-state index in [4.69, 9.17) is 23.7 Å². The lowest BCUT2D eigenvalue weighted by Gasteiger charge is -2.39. The summed E-state index contributed by atoms with van der Waals surface area (Å²) in [5.74, 6) is -4.52. The molecule has 19 heteroatoms. The summed E-state index contributed by atoms with van der Waals surface area (Å²) < 4.78 is 109. The quantitative estimate of drug-likeness (QED) is 0.125. The van der Waals surface area contributed by atoms with Gasteiger partial charge in [-0.1, -0.05) is 30.3 Å². The Hall–Kier alpha value is -5.72. The fourth-order valence-electron chi connectivity index (χ4n) is 5.73. The Morgan fingerprint density at radius 2 is 1.37 bits per heavy atom. The summed E-state index contributed by atoms with van der Waals surface area (Å²) >= 11 is 0. The fraction of sp³-hybridized carbons (Fsp3) is 0.450. The lowest BCUT2D eigenvalue weighted by molar-refractivity contribution is -0.124. The molecule has 0 aromatic heterocycles. The van der Waals surface area contributed by atoms with Crippen LogP contribution in [0.1, 0.15) is 58.6 Å². The van der Waals surface area contributed by atoms with Gasteiger partial charge in [0.2, 0.25) is 5.91 Å². The van der Waals surface area contributed by atoms with E-state index >= 15 is 4.39 Å². The van der Waals surface area contributed by atoms with E-state index in [0.717, 1.165) is 35.2 Å². The van der Waals surface area contributed by atoms with Crippen LogP contribution in [0, 0.1) is 17.5 Å². The SMILES string of the molecule is CC(C)(C)OC(=O)NC(C(=O)Nc1cccc(F)c1OC[C@@H]1CN(C(=O)OC(C)(C)C)[C@H](COC(=O)NCC(F)(F)F)CO1)C(c1ccc(F)cc1)c1ccc(F)cc1. The summed E-state index contributed by atoms with van der Waals surface area (Å²) in [6.07, 6.45) is -8.90. The lowest BCUT2D eigenvalue weighted by atomic mass is 9.84. The van der Waals surface area contributed by atoms with E-state index in [-0.39, 0.29) is 18.8 Å². The summed E-state index contributed by atoms with van der Waals surface area (Å²) in [4.78, 5) is 53.7. The number of alkyl halides is 3. The second-order valence-corrected chi connectivity index (χ2v) is 15.4. The minimum atomic E-state index is -4.68. The fourth-order valence-corrected chi connectivity index (χ4v) is 5.73. The zero-order chi connectivity index (χ0) is 43.7. The van der Waals surface area contributed by atoms with E-state index in [1.54, 1.807) is 46.9 Å². The number of amides is 4. The van der Waals surface area contributed by atoms with Crippen molar-refractivity contribution in [2.75, 3.05) is 38.2 Å². The largest absolute Gasteiger partial charge is 0.486 e. The number of hydrogen-bond acceptors (Lipinski definition) is 9.